The number of nitrogens with one attached hydrogen (secondary N) is 1. The van der Waals surface area contributed by atoms with Crippen molar-refractivity contribution in [1.29, 1.82) is 0 Å². The maximum absolute atomic E-state index is 13.2. The van der Waals surface area contributed by atoms with E-state index in [2.05, 4.69) is 10.4 Å². The average Bonchev–Trinajstić information content (AvgIpc) is 3.40. The SMILES string of the molecule is O=C(CC1CSc2nc3c(cnn3-c3ccccc3)c(=O)n21)NCCc1ccccc1. The zero-order chi connectivity index (χ0) is 21.2. The zero-order valence-corrected chi connectivity index (χ0v) is 17.6. The van der Waals surface area contributed by atoms with Gasteiger partial charge < -0.3 is 5.32 Å². The lowest BCUT2D eigenvalue weighted by molar-refractivity contribution is -0.121. The van der Waals surface area contributed by atoms with Crippen LogP contribution in [0.25, 0.3) is 16.7 Å². The first-order valence-electron chi connectivity index (χ1n) is 10.2. The Balaban J connectivity index is 1.33. The first-order chi connectivity index (χ1) is 15.2. The third-order valence-electron chi connectivity index (χ3n) is 5.37. The second-order valence-corrected chi connectivity index (χ2v) is 8.44. The van der Waals surface area contributed by atoms with E-state index >= 15 is 0 Å². The van der Waals surface area contributed by atoms with Gasteiger partial charge in [-0.15, -0.1) is 0 Å². The molecule has 7 nitrogen and oxygen atoms in total. The fraction of sp³-hybridized carbons (Fsp3) is 0.217. The minimum atomic E-state index is -0.207. The Bertz CT molecular complexity index is 1280. The summed E-state index contributed by atoms with van der Waals surface area (Å²) < 4.78 is 3.34. The maximum Gasteiger partial charge on any atom is 0.265 e. The topological polar surface area (TPSA) is 81.8 Å². The van der Waals surface area contributed by atoms with E-state index in [0.717, 1.165) is 12.1 Å². The van der Waals surface area contributed by atoms with E-state index in [9.17, 15) is 9.59 Å². The molecule has 156 valence electrons. The van der Waals surface area contributed by atoms with Crippen molar-refractivity contribution in [3.05, 3.63) is 82.8 Å². The minimum absolute atomic E-state index is 0.0543. The minimum Gasteiger partial charge on any atom is -0.356 e. The lowest BCUT2D eigenvalue weighted by Crippen LogP contribution is -2.31. The van der Waals surface area contributed by atoms with Crippen LogP contribution in [0.5, 0.6) is 0 Å². The van der Waals surface area contributed by atoms with Crippen LogP contribution in [0.3, 0.4) is 0 Å². The van der Waals surface area contributed by atoms with Crippen molar-refractivity contribution >= 4 is 28.7 Å². The molecule has 2 aromatic carbocycles. The first-order valence-corrected chi connectivity index (χ1v) is 11.2. The van der Waals surface area contributed by atoms with Crippen LogP contribution in [-0.4, -0.2) is 37.5 Å². The summed E-state index contributed by atoms with van der Waals surface area (Å²) in [6, 6.07) is 19.5. The lowest BCUT2D eigenvalue weighted by Gasteiger charge is -2.13. The maximum atomic E-state index is 13.2. The van der Waals surface area contributed by atoms with Crippen molar-refractivity contribution in [2.45, 2.75) is 24.0 Å². The van der Waals surface area contributed by atoms with E-state index in [0.29, 0.717) is 28.5 Å². The number of benzene rings is 2. The number of hydrogen-bond acceptors (Lipinski definition) is 5. The van der Waals surface area contributed by atoms with E-state index in [1.807, 2.05) is 60.7 Å². The summed E-state index contributed by atoms with van der Waals surface area (Å²) in [7, 11) is 0. The smallest absolute Gasteiger partial charge is 0.265 e. The number of amides is 1. The molecule has 1 unspecified atom stereocenters. The van der Waals surface area contributed by atoms with Crippen LogP contribution in [0.4, 0.5) is 0 Å². The van der Waals surface area contributed by atoms with Gasteiger partial charge in [-0.3, -0.25) is 14.2 Å². The third kappa shape index (κ3) is 3.86. The number of para-hydroxylation sites is 1. The largest absolute Gasteiger partial charge is 0.356 e. The molecule has 1 aliphatic rings. The van der Waals surface area contributed by atoms with Gasteiger partial charge in [0, 0.05) is 18.7 Å². The summed E-state index contributed by atoms with van der Waals surface area (Å²) in [6.45, 7) is 0.575. The molecule has 1 aliphatic heterocycles. The molecule has 1 N–H and O–H groups in total. The summed E-state index contributed by atoms with van der Waals surface area (Å²) in [5.74, 6) is 0.598. The number of carbonyl (C=O) groups excluding carboxylic acids is 1. The third-order valence-corrected chi connectivity index (χ3v) is 6.47. The zero-order valence-electron chi connectivity index (χ0n) is 16.8. The quantitative estimate of drug-likeness (QED) is 0.475. The summed E-state index contributed by atoms with van der Waals surface area (Å²) in [5, 5.41) is 8.44. The highest BCUT2D eigenvalue weighted by Gasteiger charge is 2.29. The number of aromatic nitrogens is 4. The van der Waals surface area contributed by atoms with E-state index in [1.54, 1.807) is 15.4 Å². The molecular formula is C23H21N5O2S. The average molecular weight is 432 g/mol. The van der Waals surface area contributed by atoms with Gasteiger partial charge in [0.2, 0.25) is 5.91 Å². The van der Waals surface area contributed by atoms with Gasteiger partial charge in [0.25, 0.3) is 5.56 Å². The molecule has 31 heavy (non-hydrogen) atoms. The highest BCUT2D eigenvalue weighted by atomic mass is 32.2. The van der Waals surface area contributed by atoms with Crippen molar-refractivity contribution in [3.8, 4) is 5.69 Å². The Kier molecular flexibility index (Phi) is 5.30. The fourth-order valence-electron chi connectivity index (χ4n) is 3.82. The van der Waals surface area contributed by atoms with Crippen molar-refractivity contribution in [1.82, 2.24) is 24.6 Å². The highest BCUT2D eigenvalue weighted by Crippen LogP contribution is 2.33. The molecule has 0 bridgehead atoms. The molecule has 0 aliphatic carbocycles. The molecule has 0 radical (unpaired) electrons. The Morgan fingerprint density at radius 3 is 2.61 bits per heavy atom. The Labute approximate surface area is 183 Å². The van der Waals surface area contributed by atoms with Gasteiger partial charge in [-0.1, -0.05) is 60.3 Å². The van der Waals surface area contributed by atoms with Crippen LogP contribution in [0, 0.1) is 0 Å². The molecule has 8 heteroatoms. The standard InChI is InChI=1S/C23H21N5O2S/c29-20(24-12-11-16-7-3-1-4-8-16)13-18-15-31-23-26-21-19(22(30)27(18)23)14-25-28(21)17-9-5-2-6-10-17/h1-10,14,18H,11-13,15H2,(H,24,29). The van der Waals surface area contributed by atoms with Crippen molar-refractivity contribution in [3.63, 3.8) is 0 Å². The fourth-order valence-corrected chi connectivity index (χ4v) is 4.95. The van der Waals surface area contributed by atoms with E-state index < -0.39 is 0 Å². The lowest BCUT2D eigenvalue weighted by atomic mass is 10.1. The molecule has 2 aromatic heterocycles. The van der Waals surface area contributed by atoms with Gasteiger partial charge >= 0.3 is 0 Å². The van der Waals surface area contributed by atoms with Gasteiger partial charge in [-0.05, 0) is 24.1 Å². The van der Waals surface area contributed by atoms with E-state index in [1.165, 1.54) is 17.3 Å². The Hall–Kier alpha value is -3.39. The number of nitrogens with zero attached hydrogens (tertiary/aromatic N) is 4. The predicted molar refractivity (Wildman–Crippen MR) is 121 cm³/mol. The molecule has 0 saturated carbocycles. The number of hydrogen-bond donors (Lipinski definition) is 1. The second-order valence-electron chi connectivity index (χ2n) is 7.45. The molecular weight excluding hydrogens is 410 g/mol. The molecule has 4 aromatic rings. The van der Waals surface area contributed by atoms with Gasteiger partial charge in [0.15, 0.2) is 10.8 Å². The molecule has 3 heterocycles. The van der Waals surface area contributed by atoms with Gasteiger partial charge in [-0.2, -0.15) is 5.10 Å². The van der Waals surface area contributed by atoms with Gasteiger partial charge in [-0.25, -0.2) is 9.67 Å². The van der Waals surface area contributed by atoms with Gasteiger partial charge in [0.05, 0.1) is 17.9 Å². The summed E-state index contributed by atoms with van der Waals surface area (Å²) >= 11 is 1.51. The number of rotatable bonds is 6. The number of fused-ring (bicyclic) bond motifs is 2. The van der Waals surface area contributed by atoms with Crippen LogP contribution in [0.15, 0.2) is 76.8 Å². The molecule has 1 amide bonds. The van der Waals surface area contributed by atoms with Crippen molar-refractivity contribution in [2.75, 3.05) is 12.3 Å². The normalized spacial score (nSPS) is 15.2. The molecule has 5 rings (SSSR count). The summed E-state index contributed by atoms with van der Waals surface area (Å²) in [6.07, 6.45) is 2.60. The van der Waals surface area contributed by atoms with Gasteiger partial charge in [0.1, 0.15) is 5.39 Å². The van der Waals surface area contributed by atoms with Crippen LogP contribution in [0.1, 0.15) is 18.0 Å². The first kappa shape index (κ1) is 19.6. The van der Waals surface area contributed by atoms with E-state index in [4.69, 9.17) is 4.98 Å². The predicted octanol–water partition coefficient (Wildman–Crippen LogP) is 2.98. The van der Waals surface area contributed by atoms with Crippen LogP contribution in [-0.2, 0) is 11.2 Å². The second kappa shape index (κ2) is 8.39. The Morgan fingerprint density at radius 1 is 1.10 bits per heavy atom. The van der Waals surface area contributed by atoms with E-state index in [-0.39, 0.29) is 23.9 Å². The molecule has 1 atom stereocenters. The van der Waals surface area contributed by atoms with Crippen LogP contribution < -0.4 is 10.9 Å². The molecule has 0 saturated heterocycles. The molecule has 0 fully saturated rings. The molecule has 0 spiro atoms. The van der Waals surface area contributed by atoms with Crippen LogP contribution in [0.2, 0.25) is 0 Å². The summed E-state index contributed by atoms with van der Waals surface area (Å²) in [5.41, 5.74) is 2.44. The number of carbonyl (C=O) groups is 1. The highest BCUT2D eigenvalue weighted by molar-refractivity contribution is 7.99. The monoisotopic (exact) mass is 431 g/mol. The Morgan fingerprint density at radius 2 is 1.84 bits per heavy atom. The summed E-state index contributed by atoms with van der Waals surface area (Å²) in [4.78, 5) is 30.4. The number of thioether (sulfide) groups is 1. The van der Waals surface area contributed by atoms with Crippen LogP contribution >= 0.6 is 11.8 Å². The van der Waals surface area contributed by atoms with Crippen molar-refractivity contribution < 1.29 is 4.79 Å². The van der Waals surface area contributed by atoms with Crippen molar-refractivity contribution in [2.24, 2.45) is 0 Å².